The summed E-state index contributed by atoms with van der Waals surface area (Å²) in [6, 6.07) is 15.3. The summed E-state index contributed by atoms with van der Waals surface area (Å²) >= 11 is 0. The Hall–Kier alpha value is -2.04. The minimum Gasteiger partial charge on any atom is -0.493 e. The van der Waals surface area contributed by atoms with Crippen LogP contribution in [0, 0.1) is 6.92 Å². The van der Waals surface area contributed by atoms with Gasteiger partial charge < -0.3 is 19.5 Å². The fourth-order valence-corrected chi connectivity index (χ4v) is 4.71. The van der Waals surface area contributed by atoms with Gasteiger partial charge in [-0.1, -0.05) is 35.9 Å². The highest BCUT2D eigenvalue weighted by Gasteiger charge is 2.41. The minimum atomic E-state index is -0.0806. The highest BCUT2D eigenvalue weighted by Crippen LogP contribution is 2.43. The number of aryl methyl sites for hydroxylation is 1. The molecular weight excluding hydrogens is 374 g/mol. The highest BCUT2D eigenvalue weighted by molar-refractivity contribution is 5.43. The molecule has 0 radical (unpaired) electrons. The average molecular weight is 412 g/mol. The summed E-state index contributed by atoms with van der Waals surface area (Å²) in [6.07, 6.45) is 4.22. The first-order chi connectivity index (χ1) is 14.4. The zero-order valence-electron chi connectivity index (χ0n) is 19.2. The molecule has 0 aliphatic carbocycles. The Balaban J connectivity index is 1.59. The Morgan fingerprint density at radius 3 is 2.37 bits per heavy atom. The fourth-order valence-electron chi connectivity index (χ4n) is 4.71. The molecule has 0 saturated carbocycles. The monoisotopic (exact) mass is 411 g/mol. The quantitative estimate of drug-likeness (QED) is 0.586. The molecule has 1 saturated heterocycles. The van der Waals surface area contributed by atoms with Crippen molar-refractivity contribution in [2.45, 2.75) is 57.5 Å². The van der Waals surface area contributed by atoms with Crippen LogP contribution in [0.5, 0.6) is 11.5 Å². The van der Waals surface area contributed by atoms with Crippen LogP contribution < -0.4 is 14.8 Å². The topological polar surface area (TPSA) is 39.7 Å². The number of hydrogen-bond acceptors (Lipinski definition) is 4. The fraction of sp³-hybridized carbons (Fsp3) is 0.538. The molecule has 1 N–H and O–H groups in total. The maximum Gasteiger partial charge on any atom is 0.160 e. The summed E-state index contributed by atoms with van der Waals surface area (Å²) < 4.78 is 16.8. The molecule has 4 heteroatoms. The van der Waals surface area contributed by atoms with E-state index in [4.69, 9.17) is 14.2 Å². The SMILES string of the molecule is COc1ccc(CCNCC[C@]2(c3ccc(C)cc3)CCOC(C)(C)C2)cc1OC. The molecule has 2 aromatic carbocycles. The summed E-state index contributed by atoms with van der Waals surface area (Å²) in [5.41, 5.74) is 4.11. The van der Waals surface area contributed by atoms with Crippen LogP contribution in [0.4, 0.5) is 0 Å². The summed E-state index contributed by atoms with van der Waals surface area (Å²) in [4.78, 5) is 0. The van der Waals surface area contributed by atoms with Crippen molar-refractivity contribution in [1.82, 2.24) is 5.32 Å². The van der Waals surface area contributed by atoms with Crippen molar-refractivity contribution in [2.75, 3.05) is 33.9 Å². The van der Waals surface area contributed by atoms with Gasteiger partial charge in [0.15, 0.2) is 11.5 Å². The van der Waals surface area contributed by atoms with Crippen molar-refractivity contribution >= 4 is 0 Å². The van der Waals surface area contributed by atoms with Gasteiger partial charge in [-0.25, -0.2) is 0 Å². The van der Waals surface area contributed by atoms with E-state index in [1.807, 2.05) is 6.07 Å². The number of rotatable bonds is 9. The van der Waals surface area contributed by atoms with Crippen LogP contribution in [0.15, 0.2) is 42.5 Å². The first-order valence-electron chi connectivity index (χ1n) is 11.0. The van der Waals surface area contributed by atoms with Crippen LogP contribution in [0.1, 0.15) is 49.8 Å². The van der Waals surface area contributed by atoms with E-state index in [-0.39, 0.29) is 11.0 Å². The zero-order valence-corrected chi connectivity index (χ0v) is 19.2. The van der Waals surface area contributed by atoms with E-state index in [1.165, 1.54) is 16.7 Å². The molecule has 2 aromatic rings. The second-order valence-corrected chi connectivity index (χ2v) is 9.12. The second-order valence-electron chi connectivity index (χ2n) is 9.12. The molecule has 0 spiro atoms. The summed E-state index contributed by atoms with van der Waals surface area (Å²) in [6.45, 7) is 9.36. The lowest BCUT2D eigenvalue weighted by atomic mass is 9.67. The molecule has 0 amide bonds. The van der Waals surface area contributed by atoms with Gasteiger partial charge in [0, 0.05) is 12.0 Å². The number of methoxy groups -OCH3 is 2. The van der Waals surface area contributed by atoms with E-state index >= 15 is 0 Å². The molecule has 1 aliphatic rings. The molecule has 1 fully saturated rings. The van der Waals surface area contributed by atoms with E-state index in [0.29, 0.717) is 0 Å². The molecule has 0 aromatic heterocycles. The normalized spacial score (nSPS) is 20.7. The first-order valence-corrected chi connectivity index (χ1v) is 11.0. The Kier molecular flexibility index (Phi) is 7.43. The smallest absolute Gasteiger partial charge is 0.160 e. The van der Waals surface area contributed by atoms with E-state index in [0.717, 1.165) is 56.9 Å². The van der Waals surface area contributed by atoms with Gasteiger partial charge in [0.1, 0.15) is 0 Å². The standard InChI is InChI=1S/C26H37NO3/c1-20-6-9-22(10-7-20)26(14-17-30-25(2,3)19-26)13-16-27-15-12-21-8-11-23(28-4)24(18-21)29-5/h6-11,18,27H,12-17,19H2,1-5H3/t26-/m0/s1. The molecule has 4 nitrogen and oxygen atoms in total. The Labute approximate surface area is 181 Å². The van der Waals surface area contributed by atoms with Crippen molar-refractivity contribution < 1.29 is 14.2 Å². The van der Waals surface area contributed by atoms with Gasteiger partial charge in [0.05, 0.1) is 19.8 Å². The van der Waals surface area contributed by atoms with Crippen molar-refractivity contribution in [3.05, 3.63) is 59.2 Å². The Morgan fingerprint density at radius 1 is 0.967 bits per heavy atom. The molecule has 0 unspecified atom stereocenters. The largest absolute Gasteiger partial charge is 0.493 e. The predicted molar refractivity (Wildman–Crippen MR) is 123 cm³/mol. The van der Waals surface area contributed by atoms with E-state index < -0.39 is 0 Å². The van der Waals surface area contributed by atoms with Crippen molar-refractivity contribution in [1.29, 1.82) is 0 Å². The van der Waals surface area contributed by atoms with Crippen molar-refractivity contribution in [2.24, 2.45) is 0 Å². The van der Waals surface area contributed by atoms with Crippen LogP contribution in [0.2, 0.25) is 0 Å². The molecule has 1 atom stereocenters. The van der Waals surface area contributed by atoms with Gasteiger partial charge in [-0.3, -0.25) is 0 Å². The van der Waals surface area contributed by atoms with Crippen LogP contribution in [0.25, 0.3) is 0 Å². The average Bonchev–Trinajstić information content (AvgIpc) is 2.73. The maximum absolute atomic E-state index is 6.05. The molecule has 1 heterocycles. The zero-order chi connectivity index (χ0) is 21.6. The van der Waals surface area contributed by atoms with E-state index in [1.54, 1.807) is 14.2 Å². The van der Waals surface area contributed by atoms with Gasteiger partial charge in [0.25, 0.3) is 0 Å². The number of ether oxygens (including phenoxy) is 3. The summed E-state index contributed by atoms with van der Waals surface area (Å²) in [5.74, 6) is 1.56. The highest BCUT2D eigenvalue weighted by atomic mass is 16.5. The van der Waals surface area contributed by atoms with E-state index in [2.05, 4.69) is 62.5 Å². The summed E-state index contributed by atoms with van der Waals surface area (Å²) in [5, 5.41) is 3.67. The van der Waals surface area contributed by atoms with E-state index in [9.17, 15) is 0 Å². The third-order valence-electron chi connectivity index (χ3n) is 6.32. The minimum absolute atomic E-state index is 0.0806. The van der Waals surface area contributed by atoms with Crippen LogP contribution in [-0.4, -0.2) is 39.5 Å². The van der Waals surface area contributed by atoms with Gasteiger partial charge in [-0.15, -0.1) is 0 Å². The lowest BCUT2D eigenvalue weighted by Crippen LogP contribution is -2.45. The molecule has 3 rings (SSSR count). The number of nitrogens with one attached hydrogen (secondary N) is 1. The summed E-state index contributed by atoms with van der Waals surface area (Å²) in [7, 11) is 3.35. The van der Waals surface area contributed by atoms with Gasteiger partial charge in [-0.05, 0) is 82.8 Å². The van der Waals surface area contributed by atoms with Crippen LogP contribution >= 0.6 is 0 Å². The molecule has 30 heavy (non-hydrogen) atoms. The second kappa shape index (κ2) is 9.84. The van der Waals surface area contributed by atoms with Crippen molar-refractivity contribution in [3.63, 3.8) is 0 Å². The lowest BCUT2D eigenvalue weighted by Gasteiger charge is -2.45. The molecular formula is C26H37NO3. The van der Waals surface area contributed by atoms with Crippen molar-refractivity contribution in [3.8, 4) is 11.5 Å². The predicted octanol–water partition coefficient (Wildman–Crippen LogP) is 5.06. The van der Waals surface area contributed by atoms with Crippen LogP contribution in [-0.2, 0) is 16.6 Å². The maximum atomic E-state index is 6.05. The molecule has 1 aliphatic heterocycles. The third kappa shape index (κ3) is 5.55. The van der Waals surface area contributed by atoms with Crippen LogP contribution in [0.3, 0.4) is 0 Å². The first kappa shape index (κ1) is 22.6. The number of benzene rings is 2. The van der Waals surface area contributed by atoms with Gasteiger partial charge >= 0.3 is 0 Å². The molecule has 164 valence electrons. The third-order valence-corrected chi connectivity index (χ3v) is 6.32. The molecule has 0 bridgehead atoms. The lowest BCUT2D eigenvalue weighted by molar-refractivity contribution is -0.0839. The Morgan fingerprint density at radius 2 is 1.70 bits per heavy atom. The van der Waals surface area contributed by atoms with Gasteiger partial charge in [0.2, 0.25) is 0 Å². The van der Waals surface area contributed by atoms with Gasteiger partial charge in [-0.2, -0.15) is 0 Å². The Bertz CT molecular complexity index is 816. The number of hydrogen-bond donors (Lipinski definition) is 1.